The molecule has 0 bridgehead atoms. The average Bonchev–Trinajstić information content (AvgIpc) is 3.39. The first-order chi connectivity index (χ1) is 17.9. The zero-order valence-corrected chi connectivity index (χ0v) is 23.3. The van der Waals surface area contributed by atoms with Crippen molar-refractivity contribution in [3.05, 3.63) is 23.0 Å². The Kier molecular flexibility index (Phi) is 8.51. The van der Waals surface area contributed by atoms with Gasteiger partial charge in [0.25, 0.3) is 5.91 Å². The number of nitrogens with one attached hydrogen (secondary N) is 2. The normalized spacial score (nSPS) is 23.3. The number of nitrogens with zero attached hydrogens (tertiary/aromatic N) is 3. The topological polar surface area (TPSA) is 115 Å². The van der Waals surface area contributed by atoms with Gasteiger partial charge in [0.2, 0.25) is 5.92 Å². The highest BCUT2D eigenvalue weighted by molar-refractivity contribution is 7.91. The Morgan fingerprint density at radius 1 is 1.26 bits per heavy atom. The maximum atomic E-state index is 13.6. The van der Waals surface area contributed by atoms with Gasteiger partial charge in [0.05, 0.1) is 28.6 Å². The molecule has 0 spiro atoms. The fourth-order valence-corrected chi connectivity index (χ4v) is 6.75. The van der Waals surface area contributed by atoms with E-state index in [4.69, 9.17) is 16.3 Å². The third kappa shape index (κ3) is 6.39. The zero-order chi connectivity index (χ0) is 27.7. The third-order valence-electron chi connectivity index (χ3n) is 7.46. The minimum atomic E-state index is -3.05. The molecule has 9 nitrogen and oxygen atoms in total. The van der Waals surface area contributed by atoms with Gasteiger partial charge in [-0.3, -0.25) is 9.48 Å². The SMILES string of the molecule is CCn1nc(C(=O)NC[C@H]2CC[C@H](S(C)(=O)=O)CC2)c(Cl)c1-c1cnc(NC2CCC(F)(F)C2)cc1OC. The number of carbonyl (C=O) groups is 1. The van der Waals surface area contributed by atoms with Gasteiger partial charge in [-0.1, -0.05) is 11.6 Å². The first-order valence-electron chi connectivity index (χ1n) is 12.8. The summed E-state index contributed by atoms with van der Waals surface area (Å²) < 4.78 is 57.9. The van der Waals surface area contributed by atoms with E-state index in [9.17, 15) is 22.0 Å². The molecule has 2 aliphatic carbocycles. The number of halogens is 3. The van der Waals surface area contributed by atoms with Gasteiger partial charge < -0.3 is 15.4 Å². The molecule has 1 amide bonds. The first kappa shape index (κ1) is 28.5. The molecule has 0 aromatic carbocycles. The van der Waals surface area contributed by atoms with Gasteiger partial charge in [-0.05, 0) is 44.9 Å². The molecule has 0 saturated heterocycles. The number of amides is 1. The number of sulfone groups is 1. The van der Waals surface area contributed by atoms with E-state index in [1.807, 2.05) is 6.92 Å². The van der Waals surface area contributed by atoms with Gasteiger partial charge >= 0.3 is 0 Å². The molecule has 2 fully saturated rings. The minimum absolute atomic E-state index is 0.0748. The second kappa shape index (κ2) is 11.3. The van der Waals surface area contributed by atoms with Crippen LogP contribution < -0.4 is 15.4 Å². The summed E-state index contributed by atoms with van der Waals surface area (Å²) >= 11 is 6.67. The monoisotopic (exact) mass is 573 g/mol. The second-order valence-electron chi connectivity index (χ2n) is 10.2. The maximum absolute atomic E-state index is 13.6. The van der Waals surface area contributed by atoms with Gasteiger partial charge in [-0.2, -0.15) is 5.10 Å². The van der Waals surface area contributed by atoms with Crippen LogP contribution in [0.15, 0.2) is 12.3 Å². The fourth-order valence-electron chi connectivity index (χ4n) is 5.30. The number of methoxy groups -OCH3 is 1. The van der Waals surface area contributed by atoms with E-state index in [0.717, 1.165) is 12.8 Å². The number of aryl methyl sites for hydroxylation is 1. The zero-order valence-electron chi connectivity index (χ0n) is 21.8. The average molecular weight is 574 g/mol. The molecule has 2 aromatic rings. The van der Waals surface area contributed by atoms with Crippen LogP contribution in [0, 0.1) is 5.92 Å². The molecule has 2 saturated carbocycles. The molecule has 2 heterocycles. The predicted octanol–water partition coefficient (Wildman–Crippen LogP) is 4.56. The van der Waals surface area contributed by atoms with Crippen LogP contribution in [0.2, 0.25) is 5.02 Å². The Hall–Kier alpha value is -2.47. The van der Waals surface area contributed by atoms with Crippen molar-refractivity contribution in [3.8, 4) is 17.0 Å². The molecule has 4 rings (SSSR count). The molecule has 0 radical (unpaired) electrons. The summed E-state index contributed by atoms with van der Waals surface area (Å²) in [6.07, 6.45) is 5.39. The van der Waals surface area contributed by atoms with Gasteiger partial charge in [-0.25, -0.2) is 22.2 Å². The summed E-state index contributed by atoms with van der Waals surface area (Å²) in [4.78, 5) is 17.4. The molecule has 38 heavy (non-hydrogen) atoms. The van der Waals surface area contributed by atoms with Crippen LogP contribution >= 0.6 is 11.6 Å². The second-order valence-corrected chi connectivity index (χ2v) is 12.9. The molecule has 2 aliphatic rings. The van der Waals surface area contributed by atoms with E-state index in [-0.39, 0.29) is 40.8 Å². The van der Waals surface area contributed by atoms with Crippen LogP contribution in [0.25, 0.3) is 11.3 Å². The summed E-state index contributed by atoms with van der Waals surface area (Å²) in [6, 6.07) is 1.25. The summed E-state index contributed by atoms with van der Waals surface area (Å²) in [7, 11) is -1.56. The number of aromatic nitrogens is 3. The van der Waals surface area contributed by atoms with Crippen LogP contribution in [0.5, 0.6) is 5.75 Å². The number of alkyl halides is 2. The summed E-state index contributed by atoms with van der Waals surface area (Å²) in [5.74, 6) is -2.07. The van der Waals surface area contributed by atoms with Crippen molar-refractivity contribution in [1.29, 1.82) is 0 Å². The van der Waals surface area contributed by atoms with Crippen LogP contribution in [-0.4, -0.2) is 66.2 Å². The highest BCUT2D eigenvalue weighted by Crippen LogP contribution is 2.39. The van der Waals surface area contributed by atoms with Crippen molar-refractivity contribution in [1.82, 2.24) is 20.1 Å². The lowest BCUT2D eigenvalue weighted by Gasteiger charge is -2.27. The largest absolute Gasteiger partial charge is 0.496 e. The molecular weight excluding hydrogens is 540 g/mol. The lowest BCUT2D eigenvalue weighted by Crippen LogP contribution is -2.34. The van der Waals surface area contributed by atoms with Crippen molar-refractivity contribution in [2.45, 2.75) is 75.6 Å². The molecule has 1 atom stereocenters. The Morgan fingerprint density at radius 2 is 1.97 bits per heavy atom. The van der Waals surface area contributed by atoms with Gasteiger partial charge in [0.15, 0.2) is 5.69 Å². The fraction of sp³-hybridized carbons (Fsp3) is 0.640. The number of carbonyl (C=O) groups excluding carboxylic acids is 1. The van der Waals surface area contributed by atoms with Crippen LogP contribution in [-0.2, 0) is 16.4 Å². The smallest absolute Gasteiger partial charge is 0.273 e. The number of hydrogen-bond acceptors (Lipinski definition) is 7. The Bertz CT molecular complexity index is 1280. The highest BCUT2D eigenvalue weighted by Gasteiger charge is 2.39. The van der Waals surface area contributed by atoms with Crippen molar-refractivity contribution < 1.29 is 26.7 Å². The Balaban J connectivity index is 1.47. The van der Waals surface area contributed by atoms with Gasteiger partial charge in [0.1, 0.15) is 21.4 Å². The predicted molar refractivity (Wildman–Crippen MR) is 142 cm³/mol. The van der Waals surface area contributed by atoms with Crippen molar-refractivity contribution in [2.75, 3.05) is 25.2 Å². The van der Waals surface area contributed by atoms with Gasteiger partial charge in [0, 0.05) is 50.5 Å². The number of rotatable bonds is 9. The van der Waals surface area contributed by atoms with E-state index < -0.39 is 21.7 Å². The van der Waals surface area contributed by atoms with Crippen molar-refractivity contribution >= 4 is 33.2 Å². The van der Waals surface area contributed by atoms with Crippen LogP contribution in [0.3, 0.4) is 0 Å². The van der Waals surface area contributed by atoms with E-state index in [2.05, 4.69) is 20.7 Å². The minimum Gasteiger partial charge on any atom is -0.496 e. The molecule has 2 N–H and O–H groups in total. The molecular formula is C25H34ClF2N5O4S. The summed E-state index contributed by atoms with van der Waals surface area (Å²) in [5.41, 5.74) is 1.06. The molecule has 2 aromatic heterocycles. The van der Waals surface area contributed by atoms with Crippen LogP contribution in [0.4, 0.5) is 14.6 Å². The molecule has 210 valence electrons. The summed E-state index contributed by atoms with van der Waals surface area (Å²) in [6.45, 7) is 2.70. The quantitative estimate of drug-likeness (QED) is 0.452. The number of pyridine rings is 1. The third-order valence-corrected chi connectivity index (χ3v) is 9.50. The molecule has 0 aliphatic heterocycles. The lowest BCUT2D eigenvalue weighted by molar-refractivity contribution is 0.00851. The number of anilines is 1. The number of ether oxygens (including phenoxy) is 1. The molecule has 1 unspecified atom stereocenters. The lowest BCUT2D eigenvalue weighted by atomic mass is 9.89. The van der Waals surface area contributed by atoms with Crippen molar-refractivity contribution in [2.24, 2.45) is 5.92 Å². The van der Waals surface area contributed by atoms with Crippen molar-refractivity contribution in [3.63, 3.8) is 0 Å². The summed E-state index contributed by atoms with van der Waals surface area (Å²) in [5, 5.41) is 10.2. The van der Waals surface area contributed by atoms with Crippen LogP contribution in [0.1, 0.15) is 62.4 Å². The van der Waals surface area contributed by atoms with E-state index >= 15 is 0 Å². The van der Waals surface area contributed by atoms with E-state index in [1.165, 1.54) is 19.6 Å². The standard InChI is InChI=1S/C25H34ClF2N5O4S/c1-4-33-23(18-14-29-20(11-19(18)37-2)31-16-9-10-25(27,28)12-16)21(26)22(32-33)24(34)30-13-15-5-7-17(8-6-15)38(3,35)36/h11,14-17H,4-10,12-13H2,1-3H3,(H,29,31)(H,30,34)/t15-,16?,17-. The van der Waals surface area contributed by atoms with Gasteiger partial charge in [-0.15, -0.1) is 0 Å². The van der Waals surface area contributed by atoms with E-state index in [1.54, 1.807) is 10.7 Å². The maximum Gasteiger partial charge on any atom is 0.273 e. The highest BCUT2D eigenvalue weighted by atomic mass is 35.5. The molecule has 13 heteroatoms. The Labute approximate surface area is 226 Å². The number of hydrogen-bond donors (Lipinski definition) is 2. The van der Waals surface area contributed by atoms with E-state index in [0.29, 0.717) is 55.2 Å². The Morgan fingerprint density at radius 3 is 2.55 bits per heavy atom. The first-order valence-corrected chi connectivity index (χ1v) is 15.2.